The molecule has 0 amide bonds. The lowest BCUT2D eigenvalue weighted by Crippen LogP contribution is -2.47. The average molecular weight is 609 g/mol. The molecular formula is C30H39F3N2O6Si. The molecule has 2 heterocycles. The molecular weight excluding hydrogens is 569 g/mol. The van der Waals surface area contributed by atoms with Crippen molar-refractivity contribution in [1.82, 2.24) is 9.13 Å². The fourth-order valence-corrected chi connectivity index (χ4v) is 5.13. The Morgan fingerprint density at radius 2 is 1.79 bits per heavy atom. The fraction of sp³-hybridized carbons (Fsp3) is 0.567. The van der Waals surface area contributed by atoms with Crippen LogP contribution in [-0.4, -0.2) is 48.8 Å². The van der Waals surface area contributed by atoms with E-state index in [2.05, 4.69) is 52.6 Å². The van der Waals surface area contributed by atoms with Gasteiger partial charge in [-0.05, 0) is 36.7 Å². The van der Waals surface area contributed by atoms with Gasteiger partial charge in [0.2, 0.25) is 0 Å². The topological polar surface area (TPSA) is 88.8 Å². The summed E-state index contributed by atoms with van der Waals surface area (Å²) in [5.41, 5.74) is -4.76. The minimum absolute atomic E-state index is 0.00996. The summed E-state index contributed by atoms with van der Waals surface area (Å²) in [6, 6.07) is 7.17. The highest BCUT2D eigenvalue weighted by Crippen LogP contribution is 2.38. The lowest BCUT2D eigenvalue weighted by Gasteiger charge is -2.37. The summed E-state index contributed by atoms with van der Waals surface area (Å²) in [6.07, 6.45) is -4.69. The van der Waals surface area contributed by atoms with Crippen LogP contribution in [-0.2, 0) is 20.1 Å². The first-order valence-corrected chi connectivity index (χ1v) is 16.9. The summed E-state index contributed by atoms with van der Waals surface area (Å²) in [5.74, 6) is 4.79. The fourth-order valence-electron chi connectivity index (χ4n) is 4.12. The van der Waals surface area contributed by atoms with E-state index in [1.807, 2.05) is 0 Å². The number of rotatable bonds is 9. The number of aromatic nitrogens is 2. The van der Waals surface area contributed by atoms with Crippen LogP contribution in [0.25, 0.3) is 0 Å². The highest BCUT2D eigenvalue weighted by Gasteiger charge is 2.44. The van der Waals surface area contributed by atoms with Crippen molar-refractivity contribution in [3.63, 3.8) is 0 Å². The van der Waals surface area contributed by atoms with E-state index >= 15 is 0 Å². The van der Waals surface area contributed by atoms with Crippen LogP contribution in [0, 0.1) is 11.8 Å². The normalized spacial score (nSPS) is 19.4. The van der Waals surface area contributed by atoms with Gasteiger partial charge in [0.25, 0.3) is 11.5 Å². The zero-order chi connectivity index (χ0) is 31.3. The molecule has 2 aromatic rings. The number of carbonyl (C=O) groups is 1. The molecule has 1 saturated heterocycles. The molecule has 0 radical (unpaired) electrons. The van der Waals surface area contributed by atoms with Crippen molar-refractivity contribution in [2.45, 2.75) is 96.1 Å². The van der Waals surface area contributed by atoms with Crippen molar-refractivity contribution in [3.05, 3.63) is 68.5 Å². The molecule has 0 saturated carbocycles. The Balaban J connectivity index is 2.01. The summed E-state index contributed by atoms with van der Waals surface area (Å²) in [5, 5.41) is -0.113. The van der Waals surface area contributed by atoms with Gasteiger partial charge in [0.05, 0.1) is 12.7 Å². The molecule has 1 aromatic heterocycles. The third kappa shape index (κ3) is 7.89. The minimum Gasteiger partial charge on any atom is -0.414 e. The Morgan fingerprint density at radius 3 is 2.38 bits per heavy atom. The molecule has 1 aromatic carbocycles. The first-order chi connectivity index (χ1) is 19.6. The van der Waals surface area contributed by atoms with Crippen LogP contribution in [0.4, 0.5) is 13.2 Å². The lowest BCUT2D eigenvalue weighted by molar-refractivity contribution is -0.139. The molecule has 1 aliphatic rings. The van der Waals surface area contributed by atoms with Crippen molar-refractivity contribution in [1.29, 1.82) is 0 Å². The largest absolute Gasteiger partial charge is 0.423 e. The smallest absolute Gasteiger partial charge is 0.414 e. The van der Waals surface area contributed by atoms with Gasteiger partial charge in [-0.1, -0.05) is 58.2 Å². The highest BCUT2D eigenvalue weighted by molar-refractivity contribution is 6.74. The van der Waals surface area contributed by atoms with E-state index in [1.54, 1.807) is 6.07 Å². The molecule has 12 heteroatoms. The predicted molar refractivity (Wildman–Crippen MR) is 155 cm³/mol. The molecule has 1 fully saturated rings. The van der Waals surface area contributed by atoms with Gasteiger partial charge in [-0.2, -0.15) is 17.7 Å². The quantitative estimate of drug-likeness (QED) is 0.209. The number of hydrogen-bond acceptors (Lipinski definition) is 6. The van der Waals surface area contributed by atoms with Crippen LogP contribution >= 0.6 is 0 Å². The van der Waals surface area contributed by atoms with Gasteiger partial charge < -0.3 is 13.9 Å². The molecule has 1 aliphatic heterocycles. The Kier molecular flexibility index (Phi) is 10.8. The molecule has 0 unspecified atom stereocenters. The van der Waals surface area contributed by atoms with Crippen LogP contribution in [0.3, 0.4) is 0 Å². The van der Waals surface area contributed by atoms with E-state index < -0.39 is 55.6 Å². The number of halogens is 3. The van der Waals surface area contributed by atoms with E-state index in [0.717, 1.165) is 12.8 Å². The number of carbonyl (C=O) groups excluding carboxylic acids is 1. The van der Waals surface area contributed by atoms with Crippen molar-refractivity contribution in [3.8, 4) is 11.8 Å². The van der Waals surface area contributed by atoms with Crippen molar-refractivity contribution in [2.75, 3.05) is 13.2 Å². The summed E-state index contributed by atoms with van der Waals surface area (Å²) in [4.78, 5) is 39.4. The molecule has 0 bridgehead atoms. The second-order valence-corrected chi connectivity index (χ2v) is 16.6. The van der Waals surface area contributed by atoms with Crippen molar-refractivity contribution < 1.29 is 31.9 Å². The van der Waals surface area contributed by atoms with E-state index in [9.17, 15) is 27.6 Å². The van der Waals surface area contributed by atoms with Gasteiger partial charge in [-0.3, -0.25) is 14.2 Å². The number of ether oxygens (including phenoxy) is 2. The highest BCUT2D eigenvalue weighted by atomic mass is 28.4. The molecule has 3 rings (SSSR count). The molecule has 42 heavy (non-hydrogen) atoms. The number of hydrogen-bond donors (Lipinski definition) is 0. The molecule has 3 atom stereocenters. The Bertz CT molecular complexity index is 1420. The van der Waals surface area contributed by atoms with Crippen LogP contribution in [0.1, 0.15) is 75.5 Å². The van der Waals surface area contributed by atoms with Crippen molar-refractivity contribution in [2.24, 2.45) is 0 Å². The van der Waals surface area contributed by atoms with Gasteiger partial charge in [-0.25, -0.2) is 4.79 Å². The molecule has 0 spiro atoms. The van der Waals surface area contributed by atoms with E-state index in [0.29, 0.717) is 17.2 Å². The van der Waals surface area contributed by atoms with E-state index in [-0.39, 0.29) is 34.8 Å². The second-order valence-electron chi connectivity index (χ2n) is 11.8. The summed E-state index contributed by atoms with van der Waals surface area (Å²) in [6.45, 7) is 12.5. The molecule has 230 valence electrons. The SMILES string of the molecule is CCCCC#CCO[C@H]1C[C@H](n2cc(C(F)(F)F)c(=O)n(C(=O)c3ccccc3)c2=O)O[C@@H]1CO[Si](C)(C)C(C)(C)C. The summed E-state index contributed by atoms with van der Waals surface area (Å²) < 4.78 is 60.9. The summed E-state index contributed by atoms with van der Waals surface area (Å²) in [7, 11) is -2.24. The first kappa shape index (κ1) is 33.5. The maximum Gasteiger partial charge on any atom is 0.423 e. The Hall–Kier alpha value is -2.98. The first-order valence-electron chi connectivity index (χ1n) is 14.0. The van der Waals surface area contributed by atoms with Gasteiger partial charge in [-0.15, -0.1) is 5.92 Å². The Labute approximate surface area is 244 Å². The molecule has 0 aliphatic carbocycles. The van der Waals surface area contributed by atoms with Crippen LogP contribution in [0.5, 0.6) is 0 Å². The van der Waals surface area contributed by atoms with Crippen LogP contribution in [0.2, 0.25) is 18.1 Å². The van der Waals surface area contributed by atoms with Gasteiger partial charge in [0.1, 0.15) is 24.5 Å². The maximum absolute atomic E-state index is 14.0. The van der Waals surface area contributed by atoms with E-state index in [1.165, 1.54) is 24.3 Å². The number of unbranched alkanes of at least 4 members (excludes halogenated alkanes) is 2. The van der Waals surface area contributed by atoms with Crippen LogP contribution in [0.15, 0.2) is 46.1 Å². The zero-order valence-electron chi connectivity index (χ0n) is 24.9. The number of alkyl halides is 3. The zero-order valence-corrected chi connectivity index (χ0v) is 25.9. The second kappa shape index (κ2) is 13.5. The predicted octanol–water partition coefficient (Wildman–Crippen LogP) is 5.61. The lowest BCUT2D eigenvalue weighted by atomic mass is 10.2. The van der Waals surface area contributed by atoms with Gasteiger partial charge in [0.15, 0.2) is 8.32 Å². The van der Waals surface area contributed by atoms with Gasteiger partial charge >= 0.3 is 11.9 Å². The molecule has 0 N–H and O–H groups in total. The van der Waals surface area contributed by atoms with Crippen LogP contribution < -0.4 is 11.2 Å². The van der Waals surface area contributed by atoms with Gasteiger partial charge in [0, 0.05) is 24.6 Å². The van der Waals surface area contributed by atoms with E-state index in [4.69, 9.17) is 13.9 Å². The third-order valence-corrected chi connectivity index (χ3v) is 12.2. The summed E-state index contributed by atoms with van der Waals surface area (Å²) >= 11 is 0. The Morgan fingerprint density at radius 1 is 1.12 bits per heavy atom. The third-order valence-electron chi connectivity index (χ3n) is 7.70. The molecule has 8 nitrogen and oxygen atoms in total. The number of benzene rings is 1. The maximum atomic E-state index is 14.0. The standard InChI is InChI=1S/C30H39F3N2O6Si/c1-7-8-9-10-14-17-39-23-18-25(41-24(23)20-40-42(5,6)29(2,3)4)34-19-22(30(31,32)33)27(37)35(28(34)38)26(36)21-15-12-11-13-16-21/h11-13,15-16,19,23-25H,7-9,17-18,20H2,1-6H3/t23-,24+,25+/m0/s1. The number of nitrogens with zero attached hydrogens (tertiary/aromatic N) is 2. The monoisotopic (exact) mass is 608 g/mol. The average Bonchev–Trinajstić information content (AvgIpc) is 3.31. The minimum atomic E-state index is -5.13. The van der Waals surface area contributed by atoms with Crippen molar-refractivity contribution >= 4 is 14.2 Å².